The normalized spacial score (nSPS) is 10.9. The molecule has 0 aliphatic rings. The van der Waals surface area contributed by atoms with Crippen molar-refractivity contribution in [2.24, 2.45) is 0 Å². The first-order chi connectivity index (χ1) is 9.83. The van der Waals surface area contributed by atoms with Crippen molar-refractivity contribution in [3.05, 3.63) is 21.9 Å². The maximum atomic E-state index is 9.23. The lowest BCUT2D eigenvalue weighted by molar-refractivity contribution is 0.497. The van der Waals surface area contributed by atoms with Crippen LogP contribution >= 0.6 is 11.3 Å². The van der Waals surface area contributed by atoms with Gasteiger partial charge in [0, 0.05) is 5.38 Å². The van der Waals surface area contributed by atoms with Crippen LogP contribution in [0, 0.1) is 11.3 Å². The molecule has 20 heavy (non-hydrogen) atoms. The van der Waals surface area contributed by atoms with Gasteiger partial charge in [-0.1, -0.05) is 65.2 Å². The highest BCUT2D eigenvalue weighted by atomic mass is 32.1. The Hall–Kier alpha value is -0.810. The maximum Gasteiger partial charge on any atom is 0.100 e. The minimum Gasteiger partial charge on any atom is -0.192 e. The zero-order valence-electron chi connectivity index (χ0n) is 13.2. The summed E-state index contributed by atoms with van der Waals surface area (Å²) in [5.74, 6) is 0.615. The molecule has 1 nitrogen and oxygen atoms in total. The van der Waals surface area contributed by atoms with Gasteiger partial charge in [-0.05, 0) is 29.7 Å². The molecule has 0 N–H and O–H groups in total. The Morgan fingerprint density at radius 3 is 2.05 bits per heavy atom. The Morgan fingerprint density at radius 2 is 1.55 bits per heavy atom. The monoisotopic (exact) mass is 291 g/mol. The summed E-state index contributed by atoms with van der Waals surface area (Å²) in [6.07, 6.45) is 13.1. The lowest BCUT2D eigenvalue weighted by Gasteiger charge is -2.16. The quantitative estimate of drug-likeness (QED) is 0.419. The van der Waals surface area contributed by atoms with Crippen LogP contribution in [0.2, 0.25) is 0 Å². The van der Waals surface area contributed by atoms with Crippen LogP contribution in [0.1, 0.15) is 95.1 Å². The van der Waals surface area contributed by atoms with E-state index >= 15 is 0 Å². The lowest BCUT2D eigenvalue weighted by atomic mass is 9.88. The molecule has 1 rings (SSSR count). The Labute approximate surface area is 129 Å². The molecule has 0 unspecified atom stereocenters. The number of hydrogen-bond donors (Lipinski definition) is 0. The maximum absolute atomic E-state index is 9.23. The van der Waals surface area contributed by atoms with E-state index in [9.17, 15) is 5.26 Å². The van der Waals surface area contributed by atoms with Gasteiger partial charge < -0.3 is 0 Å². The molecule has 0 spiro atoms. The third kappa shape index (κ3) is 6.09. The molecule has 112 valence electrons. The molecule has 0 saturated heterocycles. The van der Waals surface area contributed by atoms with E-state index in [0.717, 1.165) is 5.56 Å². The largest absolute Gasteiger partial charge is 0.192 e. The van der Waals surface area contributed by atoms with E-state index in [1.165, 1.54) is 69.8 Å². The van der Waals surface area contributed by atoms with Gasteiger partial charge in [0.15, 0.2) is 0 Å². The van der Waals surface area contributed by atoms with Crippen LogP contribution in [-0.2, 0) is 0 Å². The van der Waals surface area contributed by atoms with Crippen LogP contribution in [0.3, 0.4) is 0 Å². The van der Waals surface area contributed by atoms with Gasteiger partial charge >= 0.3 is 0 Å². The van der Waals surface area contributed by atoms with E-state index in [4.69, 9.17) is 0 Å². The van der Waals surface area contributed by atoms with Crippen LogP contribution in [0.4, 0.5) is 0 Å². The van der Waals surface area contributed by atoms with Crippen molar-refractivity contribution in [2.45, 2.75) is 84.0 Å². The fraction of sp³-hybridized carbons (Fsp3) is 0.722. The van der Waals surface area contributed by atoms with Crippen molar-refractivity contribution in [3.63, 3.8) is 0 Å². The summed E-state index contributed by atoms with van der Waals surface area (Å²) >= 11 is 1.68. The standard InChI is InChI=1S/C18H29NS/c1-3-5-7-9-11-16(12-10-8-6-4-2)18-15-20-14-17(18)13-19/h14-16H,3-12H2,1-2H3. The summed E-state index contributed by atoms with van der Waals surface area (Å²) in [7, 11) is 0. The fourth-order valence-corrected chi connectivity index (χ4v) is 3.66. The second-order valence-electron chi connectivity index (χ2n) is 5.75. The number of unbranched alkanes of at least 4 members (excludes halogenated alkanes) is 6. The average molecular weight is 292 g/mol. The van der Waals surface area contributed by atoms with Gasteiger partial charge in [0.25, 0.3) is 0 Å². The van der Waals surface area contributed by atoms with Gasteiger partial charge in [-0.2, -0.15) is 16.6 Å². The highest BCUT2D eigenvalue weighted by molar-refractivity contribution is 7.08. The Bertz CT molecular complexity index is 376. The predicted molar refractivity (Wildman–Crippen MR) is 89.3 cm³/mol. The molecule has 0 fully saturated rings. The SMILES string of the molecule is CCCCCCC(CCCCCC)c1cscc1C#N. The van der Waals surface area contributed by atoms with Crippen LogP contribution in [0.5, 0.6) is 0 Å². The fourth-order valence-electron chi connectivity index (χ4n) is 2.80. The molecule has 0 aliphatic heterocycles. The first kappa shape index (κ1) is 17.2. The van der Waals surface area contributed by atoms with Crippen molar-refractivity contribution in [3.8, 4) is 6.07 Å². The molecule has 0 bridgehead atoms. The predicted octanol–water partition coefficient (Wildman–Crippen LogP) is 6.64. The number of nitriles is 1. The molecule has 0 radical (unpaired) electrons. The minimum absolute atomic E-state index is 0.615. The first-order valence-electron chi connectivity index (χ1n) is 8.29. The summed E-state index contributed by atoms with van der Waals surface area (Å²) in [6.45, 7) is 4.52. The van der Waals surface area contributed by atoms with Gasteiger partial charge in [0.05, 0.1) is 5.56 Å². The molecular formula is C18H29NS. The van der Waals surface area contributed by atoms with Crippen molar-refractivity contribution >= 4 is 11.3 Å². The highest BCUT2D eigenvalue weighted by Gasteiger charge is 2.15. The number of hydrogen-bond acceptors (Lipinski definition) is 2. The van der Waals surface area contributed by atoms with Gasteiger partial charge in [0.1, 0.15) is 6.07 Å². The van der Waals surface area contributed by atoms with Crippen molar-refractivity contribution in [2.75, 3.05) is 0 Å². The summed E-state index contributed by atoms with van der Waals surface area (Å²) in [4.78, 5) is 0. The third-order valence-electron chi connectivity index (χ3n) is 4.06. The van der Waals surface area contributed by atoms with E-state index < -0.39 is 0 Å². The number of thiophene rings is 1. The summed E-state index contributed by atoms with van der Waals surface area (Å²) in [5, 5.41) is 13.5. The number of rotatable bonds is 11. The second-order valence-corrected chi connectivity index (χ2v) is 6.49. The van der Waals surface area contributed by atoms with Crippen LogP contribution < -0.4 is 0 Å². The Balaban J connectivity index is 2.52. The molecule has 1 heterocycles. The average Bonchev–Trinajstić information content (AvgIpc) is 2.94. The minimum atomic E-state index is 0.615. The van der Waals surface area contributed by atoms with E-state index in [1.807, 2.05) is 5.38 Å². The molecule has 1 aromatic rings. The van der Waals surface area contributed by atoms with Gasteiger partial charge in [0.2, 0.25) is 0 Å². The lowest BCUT2D eigenvalue weighted by Crippen LogP contribution is -2.00. The summed E-state index contributed by atoms with van der Waals surface area (Å²) < 4.78 is 0. The molecule has 0 saturated carbocycles. The van der Waals surface area contributed by atoms with Crippen molar-refractivity contribution < 1.29 is 0 Å². The zero-order chi connectivity index (χ0) is 14.6. The van der Waals surface area contributed by atoms with E-state index in [-0.39, 0.29) is 0 Å². The molecule has 0 aromatic carbocycles. The number of nitrogens with zero attached hydrogens (tertiary/aromatic N) is 1. The molecule has 0 amide bonds. The van der Waals surface area contributed by atoms with Crippen LogP contribution in [-0.4, -0.2) is 0 Å². The molecular weight excluding hydrogens is 262 g/mol. The third-order valence-corrected chi connectivity index (χ3v) is 4.83. The highest BCUT2D eigenvalue weighted by Crippen LogP contribution is 2.32. The second kappa shape index (κ2) is 10.9. The Morgan fingerprint density at radius 1 is 0.950 bits per heavy atom. The van der Waals surface area contributed by atoms with E-state index in [1.54, 1.807) is 11.3 Å². The Kier molecular flexibility index (Phi) is 9.41. The molecule has 2 heteroatoms. The molecule has 0 atom stereocenters. The first-order valence-corrected chi connectivity index (χ1v) is 9.23. The van der Waals surface area contributed by atoms with Gasteiger partial charge in [-0.3, -0.25) is 0 Å². The zero-order valence-corrected chi connectivity index (χ0v) is 14.0. The smallest absolute Gasteiger partial charge is 0.100 e. The molecule has 1 aromatic heterocycles. The van der Waals surface area contributed by atoms with Crippen LogP contribution in [0.25, 0.3) is 0 Å². The van der Waals surface area contributed by atoms with Crippen LogP contribution in [0.15, 0.2) is 10.8 Å². The topological polar surface area (TPSA) is 23.8 Å². The van der Waals surface area contributed by atoms with Gasteiger partial charge in [-0.25, -0.2) is 0 Å². The van der Waals surface area contributed by atoms with E-state index in [0.29, 0.717) is 5.92 Å². The summed E-state index contributed by atoms with van der Waals surface area (Å²) in [6, 6.07) is 2.37. The van der Waals surface area contributed by atoms with Gasteiger partial charge in [-0.15, -0.1) is 0 Å². The van der Waals surface area contributed by atoms with Crippen molar-refractivity contribution in [1.82, 2.24) is 0 Å². The summed E-state index contributed by atoms with van der Waals surface area (Å²) in [5.41, 5.74) is 2.25. The van der Waals surface area contributed by atoms with Crippen molar-refractivity contribution in [1.29, 1.82) is 5.26 Å². The molecule has 0 aliphatic carbocycles. The van der Waals surface area contributed by atoms with E-state index in [2.05, 4.69) is 25.3 Å².